The van der Waals surface area contributed by atoms with E-state index in [9.17, 15) is 22.8 Å². The first-order valence-electron chi connectivity index (χ1n) is 8.02. The van der Waals surface area contributed by atoms with Crippen molar-refractivity contribution in [1.82, 2.24) is 10.2 Å². The highest BCUT2D eigenvalue weighted by Crippen LogP contribution is 2.18. The van der Waals surface area contributed by atoms with Crippen molar-refractivity contribution < 1.29 is 32.7 Å². The Kier molecular flexibility index (Phi) is 10.3. The number of aliphatic carboxylic acids is 1. The van der Waals surface area contributed by atoms with Crippen LogP contribution in [0.4, 0.5) is 13.2 Å². The zero-order valence-corrected chi connectivity index (χ0v) is 14.4. The highest BCUT2D eigenvalue weighted by Gasteiger charge is 2.38. The number of likely N-dealkylation sites (tertiary alicyclic amines) is 1. The summed E-state index contributed by atoms with van der Waals surface area (Å²) in [6.45, 7) is 2.57. The van der Waals surface area contributed by atoms with Crippen LogP contribution in [-0.2, 0) is 14.4 Å². The van der Waals surface area contributed by atoms with Gasteiger partial charge in [-0.3, -0.25) is 9.59 Å². The van der Waals surface area contributed by atoms with Crippen LogP contribution in [0.25, 0.3) is 0 Å². The molecule has 0 radical (unpaired) electrons. The summed E-state index contributed by atoms with van der Waals surface area (Å²) in [6, 6.07) is 1.26. The molecule has 1 heterocycles. The lowest BCUT2D eigenvalue weighted by Crippen LogP contribution is -2.49. The Morgan fingerprint density at radius 2 is 1.96 bits per heavy atom. The van der Waals surface area contributed by atoms with Crippen molar-refractivity contribution in [2.75, 3.05) is 13.1 Å². The maximum Gasteiger partial charge on any atom is 0.490 e. The van der Waals surface area contributed by atoms with E-state index in [0.717, 1.165) is 25.7 Å². The van der Waals surface area contributed by atoms with E-state index in [0.29, 0.717) is 19.5 Å². The first kappa shape index (κ1) is 23.6. The van der Waals surface area contributed by atoms with Gasteiger partial charge in [0.2, 0.25) is 11.8 Å². The molecule has 2 amide bonds. The molecule has 1 saturated heterocycles. The normalized spacial score (nSPS) is 17.5. The zero-order valence-electron chi connectivity index (χ0n) is 14.4. The van der Waals surface area contributed by atoms with Gasteiger partial charge in [-0.05, 0) is 38.6 Å². The van der Waals surface area contributed by atoms with Crippen LogP contribution < -0.4 is 11.1 Å². The van der Waals surface area contributed by atoms with Crippen LogP contribution in [0.3, 0.4) is 0 Å². The standard InChI is InChI=1S/C13H22N4O2.C2HF3O2/c1-10(18)16-12(6-2-3-7-14)13(19)17-8-4-5-11(17)9-15;3-2(4,5)1(6)7/h11-12H,2-8,14H2,1H3,(H,16,18);(H,6,7)/t11-,12-;/m0./s1. The molecule has 1 rings (SSSR count). The van der Waals surface area contributed by atoms with Gasteiger partial charge in [-0.25, -0.2) is 4.79 Å². The van der Waals surface area contributed by atoms with Gasteiger partial charge >= 0.3 is 12.1 Å². The Bertz CT molecular complexity index is 534. The maximum atomic E-state index is 12.4. The second-order valence-corrected chi connectivity index (χ2v) is 5.66. The first-order chi connectivity index (χ1) is 12.0. The minimum absolute atomic E-state index is 0.142. The molecule has 26 heavy (non-hydrogen) atoms. The number of nitriles is 1. The number of nitrogens with one attached hydrogen (secondary N) is 1. The van der Waals surface area contributed by atoms with Crippen molar-refractivity contribution in [3.63, 3.8) is 0 Å². The zero-order chi connectivity index (χ0) is 20.3. The topological polar surface area (TPSA) is 137 Å². The smallest absolute Gasteiger partial charge is 0.475 e. The monoisotopic (exact) mass is 380 g/mol. The molecule has 1 aliphatic rings. The number of carboxylic acids is 1. The predicted octanol–water partition coefficient (Wildman–Crippen LogP) is 0.768. The number of nitrogens with two attached hydrogens (primary N) is 1. The minimum atomic E-state index is -5.08. The predicted molar refractivity (Wildman–Crippen MR) is 84.5 cm³/mol. The number of halogens is 3. The second-order valence-electron chi connectivity index (χ2n) is 5.66. The molecule has 1 fully saturated rings. The largest absolute Gasteiger partial charge is 0.490 e. The van der Waals surface area contributed by atoms with Gasteiger partial charge in [0.25, 0.3) is 0 Å². The van der Waals surface area contributed by atoms with E-state index in [2.05, 4.69) is 11.4 Å². The third-order valence-corrected chi connectivity index (χ3v) is 3.55. The molecule has 2 atom stereocenters. The van der Waals surface area contributed by atoms with Crippen molar-refractivity contribution in [2.45, 2.75) is 57.3 Å². The molecule has 11 heteroatoms. The number of amides is 2. The minimum Gasteiger partial charge on any atom is -0.475 e. The van der Waals surface area contributed by atoms with E-state index in [1.54, 1.807) is 4.90 Å². The number of alkyl halides is 3. The Hall–Kier alpha value is -2.35. The summed E-state index contributed by atoms with van der Waals surface area (Å²) < 4.78 is 31.7. The van der Waals surface area contributed by atoms with Crippen molar-refractivity contribution in [3.8, 4) is 6.07 Å². The summed E-state index contributed by atoms with van der Waals surface area (Å²) in [5, 5.41) is 18.8. The van der Waals surface area contributed by atoms with Crippen LogP contribution >= 0.6 is 0 Å². The molecule has 0 aliphatic carbocycles. The number of hydrogen-bond acceptors (Lipinski definition) is 5. The number of unbranched alkanes of at least 4 members (excludes halogenated alkanes) is 1. The Labute approximate surface area is 149 Å². The molecule has 0 bridgehead atoms. The summed E-state index contributed by atoms with van der Waals surface area (Å²) in [4.78, 5) is 34.0. The molecule has 0 aromatic heterocycles. The Morgan fingerprint density at radius 3 is 2.38 bits per heavy atom. The highest BCUT2D eigenvalue weighted by atomic mass is 19.4. The molecule has 0 unspecified atom stereocenters. The lowest BCUT2D eigenvalue weighted by Gasteiger charge is -2.26. The van der Waals surface area contributed by atoms with Gasteiger partial charge in [0.15, 0.2) is 0 Å². The third kappa shape index (κ3) is 8.66. The van der Waals surface area contributed by atoms with E-state index in [1.165, 1.54) is 6.92 Å². The molecule has 8 nitrogen and oxygen atoms in total. The first-order valence-corrected chi connectivity index (χ1v) is 8.02. The maximum absolute atomic E-state index is 12.4. The lowest BCUT2D eigenvalue weighted by atomic mass is 10.1. The van der Waals surface area contributed by atoms with E-state index >= 15 is 0 Å². The summed E-state index contributed by atoms with van der Waals surface area (Å²) in [7, 11) is 0. The third-order valence-electron chi connectivity index (χ3n) is 3.55. The summed E-state index contributed by atoms with van der Waals surface area (Å²) in [6.07, 6.45) is -1.33. The SMILES string of the molecule is CC(=O)N[C@@H](CCCCN)C(=O)N1CCC[C@H]1C#N.O=C(O)C(F)(F)F. The van der Waals surface area contributed by atoms with E-state index in [1.807, 2.05) is 0 Å². The summed E-state index contributed by atoms with van der Waals surface area (Å²) in [5.41, 5.74) is 5.43. The molecule has 4 N–H and O–H groups in total. The molecular weight excluding hydrogens is 357 g/mol. The average Bonchev–Trinajstić information content (AvgIpc) is 3.01. The number of rotatable bonds is 6. The average molecular weight is 380 g/mol. The second kappa shape index (κ2) is 11.3. The van der Waals surface area contributed by atoms with Crippen molar-refractivity contribution >= 4 is 17.8 Å². The van der Waals surface area contributed by atoms with Gasteiger partial charge in [0.1, 0.15) is 12.1 Å². The molecule has 0 aromatic rings. The molecule has 0 saturated carbocycles. The molecule has 0 spiro atoms. The Morgan fingerprint density at radius 1 is 1.38 bits per heavy atom. The van der Waals surface area contributed by atoms with Crippen LogP contribution in [0.1, 0.15) is 39.0 Å². The van der Waals surface area contributed by atoms with Crippen molar-refractivity contribution in [1.29, 1.82) is 5.26 Å². The number of carboxylic acid groups (broad SMARTS) is 1. The quantitative estimate of drug-likeness (QED) is 0.582. The van der Waals surface area contributed by atoms with Crippen LogP contribution in [-0.4, -0.2) is 59.1 Å². The van der Waals surface area contributed by atoms with Crippen molar-refractivity contribution in [2.24, 2.45) is 5.73 Å². The van der Waals surface area contributed by atoms with Crippen molar-refractivity contribution in [3.05, 3.63) is 0 Å². The van der Waals surface area contributed by atoms with Gasteiger partial charge < -0.3 is 21.1 Å². The van der Waals surface area contributed by atoms with Crippen LogP contribution in [0, 0.1) is 11.3 Å². The fourth-order valence-electron chi connectivity index (χ4n) is 2.36. The van der Waals surface area contributed by atoms with E-state index < -0.39 is 18.2 Å². The van der Waals surface area contributed by atoms with E-state index in [4.69, 9.17) is 20.9 Å². The molecule has 1 aliphatic heterocycles. The molecule has 0 aromatic carbocycles. The Balaban J connectivity index is 0.000000758. The highest BCUT2D eigenvalue weighted by molar-refractivity contribution is 5.87. The van der Waals surface area contributed by atoms with Gasteiger partial charge in [0, 0.05) is 13.5 Å². The van der Waals surface area contributed by atoms with Crippen LogP contribution in [0.2, 0.25) is 0 Å². The van der Waals surface area contributed by atoms with Gasteiger partial charge in [0.05, 0.1) is 6.07 Å². The fraction of sp³-hybridized carbons (Fsp3) is 0.733. The van der Waals surface area contributed by atoms with Gasteiger partial charge in [-0.2, -0.15) is 18.4 Å². The molecular formula is C15H23F3N4O4. The summed E-state index contributed by atoms with van der Waals surface area (Å²) >= 11 is 0. The van der Waals surface area contributed by atoms with Gasteiger partial charge in [-0.1, -0.05) is 0 Å². The van der Waals surface area contributed by atoms with Gasteiger partial charge in [-0.15, -0.1) is 0 Å². The van der Waals surface area contributed by atoms with Crippen LogP contribution in [0.15, 0.2) is 0 Å². The number of nitrogens with zero attached hydrogens (tertiary/aromatic N) is 2. The lowest BCUT2D eigenvalue weighted by molar-refractivity contribution is -0.192. The summed E-state index contributed by atoms with van der Waals surface area (Å²) in [5.74, 6) is -3.12. The number of carbonyl (C=O) groups is 3. The fourth-order valence-corrected chi connectivity index (χ4v) is 2.36. The number of hydrogen-bond donors (Lipinski definition) is 3. The van der Waals surface area contributed by atoms with E-state index in [-0.39, 0.29) is 17.9 Å². The molecule has 148 valence electrons. The number of carbonyl (C=O) groups excluding carboxylic acids is 2. The van der Waals surface area contributed by atoms with Crippen LogP contribution in [0.5, 0.6) is 0 Å².